The van der Waals surface area contributed by atoms with E-state index < -0.39 is 11.9 Å². The molecule has 1 amide bonds. The lowest BCUT2D eigenvalue weighted by molar-refractivity contribution is -0.144. The molecule has 1 saturated heterocycles. The summed E-state index contributed by atoms with van der Waals surface area (Å²) >= 11 is 3.40. The van der Waals surface area contributed by atoms with Gasteiger partial charge in [-0.25, -0.2) is 0 Å². The van der Waals surface area contributed by atoms with E-state index in [9.17, 15) is 9.59 Å². The second-order valence-corrected chi connectivity index (χ2v) is 4.96. The Kier molecular flexibility index (Phi) is 3.19. The van der Waals surface area contributed by atoms with Crippen LogP contribution in [0.1, 0.15) is 12.0 Å². The lowest BCUT2D eigenvalue weighted by Gasteiger charge is -2.17. The van der Waals surface area contributed by atoms with Crippen LogP contribution < -0.4 is 4.90 Å². The second-order valence-electron chi connectivity index (χ2n) is 4.10. The third-order valence-corrected chi connectivity index (χ3v) is 3.83. The van der Waals surface area contributed by atoms with Gasteiger partial charge in [0.1, 0.15) is 5.92 Å². The Labute approximate surface area is 107 Å². The van der Waals surface area contributed by atoms with Gasteiger partial charge in [0.2, 0.25) is 5.91 Å². The summed E-state index contributed by atoms with van der Waals surface area (Å²) in [6.45, 7) is 2.42. The Morgan fingerprint density at radius 1 is 1.53 bits per heavy atom. The van der Waals surface area contributed by atoms with Gasteiger partial charge in [-0.15, -0.1) is 0 Å². The molecule has 4 nitrogen and oxygen atoms in total. The predicted octanol–water partition coefficient (Wildman–Crippen LogP) is 2.20. The molecule has 1 N–H and O–H groups in total. The Hall–Kier alpha value is -1.36. The third kappa shape index (κ3) is 2.20. The molecule has 0 aliphatic carbocycles. The minimum atomic E-state index is -1.04. The number of carboxylic acid groups (broad SMARTS) is 1. The molecule has 5 heteroatoms. The standard InChI is InChI=1S/C12H12BrNO3/c1-7-2-3-8(6-10(7)13)14-5-4-9(11(14)15)12(16)17/h2-3,6,9H,4-5H2,1H3,(H,16,17). The van der Waals surface area contributed by atoms with Gasteiger partial charge in [-0.05, 0) is 31.0 Å². The molecule has 0 aromatic heterocycles. The number of hydrogen-bond donors (Lipinski definition) is 1. The molecule has 0 bridgehead atoms. The van der Waals surface area contributed by atoms with Crippen molar-refractivity contribution in [2.45, 2.75) is 13.3 Å². The molecule has 1 aromatic rings. The Morgan fingerprint density at radius 3 is 2.76 bits per heavy atom. The van der Waals surface area contributed by atoms with Gasteiger partial charge in [-0.1, -0.05) is 22.0 Å². The van der Waals surface area contributed by atoms with E-state index in [2.05, 4.69) is 15.9 Å². The molecule has 1 aliphatic heterocycles. The van der Waals surface area contributed by atoms with Crippen LogP contribution >= 0.6 is 15.9 Å². The summed E-state index contributed by atoms with van der Waals surface area (Å²) in [4.78, 5) is 24.3. The molecule has 0 saturated carbocycles. The molecule has 1 aromatic carbocycles. The van der Waals surface area contributed by atoms with Gasteiger partial charge in [0.15, 0.2) is 0 Å². The number of benzene rings is 1. The molecule has 90 valence electrons. The van der Waals surface area contributed by atoms with E-state index in [1.807, 2.05) is 25.1 Å². The van der Waals surface area contributed by atoms with Gasteiger partial charge in [0.05, 0.1) is 0 Å². The highest BCUT2D eigenvalue weighted by molar-refractivity contribution is 9.10. The number of carboxylic acids is 1. The Balaban J connectivity index is 2.27. The predicted molar refractivity (Wildman–Crippen MR) is 67.0 cm³/mol. The molecule has 1 heterocycles. The van der Waals surface area contributed by atoms with Gasteiger partial charge in [-0.3, -0.25) is 9.59 Å². The minimum Gasteiger partial charge on any atom is -0.481 e. The summed E-state index contributed by atoms with van der Waals surface area (Å²) in [5.74, 6) is -2.26. The van der Waals surface area contributed by atoms with Crippen molar-refractivity contribution >= 4 is 33.5 Å². The number of aryl methyl sites for hydroxylation is 1. The van der Waals surface area contributed by atoms with E-state index >= 15 is 0 Å². The molecule has 17 heavy (non-hydrogen) atoms. The van der Waals surface area contributed by atoms with E-state index in [-0.39, 0.29) is 5.91 Å². The van der Waals surface area contributed by atoms with Crippen LogP contribution in [-0.4, -0.2) is 23.5 Å². The Bertz CT molecular complexity index is 487. The summed E-state index contributed by atoms with van der Waals surface area (Å²) in [5.41, 5.74) is 1.83. The van der Waals surface area contributed by atoms with Crippen LogP contribution in [0.15, 0.2) is 22.7 Å². The number of hydrogen-bond acceptors (Lipinski definition) is 2. The van der Waals surface area contributed by atoms with Crippen molar-refractivity contribution in [1.29, 1.82) is 0 Å². The number of aliphatic carboxylic acids is 1. The van der Waals surface area contributed by atoms with Crippen LogP contribution in [-0.2, 0) is 9.59 Å². The molecule has 1 unspecified atom stereocenters. The molecule has 0 spiro atoms. The fraction of sp³-hybridized carbons (Fsp3) is 0.333. The molecule has 1 atom stereocenters. The number of amides is 1. The maximum absolute atomic E-state index is 11.9. The van der Waals surface area contributed by atoms with E-state index in [0.29, 0.717) is 13.0 Å². The highest BCUT2D eigenvalue weighted by Crippen LogP contribution is 2.29. The van der Waals surface area contributed by atoms with Crippen molar-refractivity contribution in [1.82, 2.24) is 0 Å². The summed E-state index contributed by atoms with van der Waals surface area (Å²) in [6.07, 6.45) is 0.375. The molecule has 1 fully saturated rings. The van der Waals surface area contributed by atoms with Gasteiger partial charge < -0.3 is 10.0 Å². The van der Waals surface area contributed by atoms with Crippen LogP contribution in [0.5, 0.6) is 0 Å². The summed E-state index contributed by atoms with van der Waals surface area (Å²) in [5, 5.41) is 8.89. The van der Waals surface area contributed by atoms with Crippen molar-refractivity contribution < 1.29 is 14.7 Å². The van der Waals surface area contributed by atoms with Crippen molar-refractivity contribution in [2.75, 3.05) is 11.4 Å². The van der Waals surface area contributed by atoms with Crippen LogP contribution in [0.2, 0.25) is 0 Å². The normalized spacial score (nSPS) is 19.8. The minimum absolute atomic E-state index is 0.326. The zero-order valence-corrected chi connectivity index (χ0v) is 10.9. The molecular formula is C12H12BrNO3. The summed E-state index contributed by atoms with van der Waals surface area (Å²) in [6, 6.07) is 5.58. The maximum atomic E-state index is 11.9. The lowest BCUT2D eigenvalue weighted by atomic mass is 10.1. The number of carbonyl (C=O) groups excluding carboxylic acids is 1. The monoisotopic (exact) mass is 297 g/mol. The van der Waals surface area contributed by atoms with Gasteiger partial charge in [-0.2, -0.15) is 0 Å². The van der Waals surface area contributed by atoms with Crippen LogP contribution in [0, 0.1) is 12.8 Å². The first kappa shape index (κ1) is 12.1. The van der Waals surface area contributed by atoms with Crippen molar-refractivity contribution in [3.63, 3.8) is 0 Å². The molecule has 0 radical (unpaired) electrons. The van der Waals surface area contributed by atoms with E-state index in [0.717, 1.165) is 15.7 Å². The van der Waals surface area contributed by atoms with Gasteiger partial charge in [0, 0.05) is 16.7 Å². The SMILES string of the molecule is Cc1ccc(N2CCC(C(=O)O)C2=O)cc1Br. The van der Waals surface area contributed by atoms with Crippen LogP contribution in [0.3, 0.4) is 0 Å². The first-order valence-corrected chi connectivity index (χ1v) is 6.10. The molecule has 1 aliphatic rings. The summed E-state index contributed by atoms with van der Waals surface area (Å²) < 4.78 is 0.918. The second kappa shape index (κ2) is 4.49. The first-order valence-electron chi connectivity index (χ1n) is 5.31. The number of carbonyl (C=O) groups is 2. The zero-order valence-electron chi connectivity index (χ0n) is 9.31. The number of halogens is 1. The number of anilines is 1. The average molecular weight is 298 g/mol. The smallest absolute Gasteiger partial charge is 0.316 e. The van der Waals surface area contributed by atoms with E-state index in [4.69, 9.17) is 5.11 Å². The average Bonchev–Trinajstić information content (AvgIpc) is 2.64. The van der Waals surface area contributed by atoms with E-state index in [1.54, 1.807) is 0 Å². The van der Waals surface area contributed by atoms with E-state index in [1.165, 1.54) is 4.90 Å². The first-order chi connectivity index (χ1) is 8.00. The summed E-state index contributed by atoms with van der Waals surface area (Å²) in [7, 11) is 0. The Morgan fingerprint density at radius 2 is 2.24 bits per heavy atom. The van der Waals surface area contributed by atoms with Crippen molar-refractivity contribution in [3.05, 3.63) is 28.2 Å². The van der Waals surface area contributed by atoms with Crippen LogP contribution in [0.4, 0.5) is 5.69 Å². The quantitative estimate of drug-likeness (QED) is 0.852. The fourth-order valence-electron chi connectivity index (χ4n) is 1.92. The topological polar surface area (TPSA) is 57.6 Å². The van der Waals surface area contributed by atoms with Gasteiger partial charge in [0.25, 0.3) is 0 Å². The maximum Gasteiger partial charge on any atom is 0.316 e. The highest BCUT2D eigenvalue weighted by Gasteiger charge is 2.37. The highest BCUT2D eigenvalue weighted by atomic mass is 79.9. The zero-order chi connectivity index (χ0) is 12.6. The third-order valence-electron chi connectivity index (χ3n) is 2.97. The van der Waals surface area contributed by atoms with Crippen molar-refractivity contribution in [2.24, 2.45) is 5.92 Å². The van der Waals surface area contributed by atoms with Crippen LogP contribution in [0.25, 0.3) is 0 Å². The van der Waals surface area contributed by atoms with Gasteiger partial charge >= 0.3 is 5.97 Å². The lowest BCUT2D eigenvalue weighted by Crippen LogP contribution is -2.30. The van der Waals surface area contributed by atoms with Crippen molar-refractivity contribution in [3.8, 4) is 0 Å². The molecule has 2 rings (SSSR count). The number of rotatable bonds is 2. The fourth-order valence-corrected chi connectivity index (χ4v) is 2.28. The number of nitrogens with zero attached hydrogens (tertiary/aromatic N) is 1. The molecular weight excluding hydrogens is 286 g/mol. The largest absolute Gasteiger partial charge is 0.481 e.